The summed E-state index contributed by atoms with van der Waals surface area (Å²) in [4.78, 5) is 27.7. The van der Waals surface area contributed by atoms with Gasteiger partial charge in [-0.1, -0.05) is 23.7 Å². The number of ether oxygens (including phenoxy) is 1. The van der Waals surface area contributed by atoms with Crippen molar-refractivity contribution in [3.63, 3.8) is 0 Å². The van der Waals surface area contributed by atoms with Crippen LogP contribution in [0, 0.1) is 0 Å². The van der Waals surface area contributed by atoms with E-state index in [-0.39, 0.29) is 23.1 Å². The summed E-state index contributed by atoms with van der Waals surface area (Å²) in [6.45, 7) is 6.30. The molecule has 0 N–H and O–H groups in total. The Hall–Kier alpha value is -2.32. The Balaban J connectivity index is 1.54. The molecule has 1 aliphatic rings. The van der Waals surface area contributed by atoms with Crippen LogP contribution >= 0.6 is 11.6 Å². The quantitative estimate of drug-likeness (QED) is 0.670. The van der Waals surface area contributed by atoms with Crippen LogP contribution in [0.3, 0.4) is 0 Å². The van der Waals surface area contributed by atoms with Gasteiger partial charge in [-0.3, -0.25) is 9.69 Å². The van der Waals surface area contributed by atoms with Crippen LogP contribution in [0.15, 0.2) is 41.3 Å². The number of rotatable bonds is 5. The number of carbonyl (C=O) groups is 2. The molecule has 31 heavy (non-hydrogen) atoms. The standard InChI is InChI=1S/C22H27ClN2O5S/c1-22(2,3)30-21(27)25-11-10-24(20(26)15-25)9-4-12-31(28,29)19-8-6-16-13-18(23)7-5-17(16)14-19/h5-8,13-14H,4,9-12,15H2,1-3H3. The summed E-state index contributed by atoms with van der Waals surface area (Å²) in [6.07, 6.45) is -0.195. The van der Waals surface area contributed by atoms with Gasteiger partial charge < -0.3 is 9.64 Å². The number of piperazine rings is 1. The Labute approximate surface area is 187 Å². The lowest BCUT2D eigenvalue weighted by atomic mass is 10.1. The number of hydrogen-bond donors (Lipinski definition) is 0. The van der Waals surface area contributed by atoms with Crippen LogP contribution in [0.5, 0.6) is 0 Å². The van der Waals surface area contributed by atoms with E-state index in [9.17, 15) is 18.0 Å². The summed E-state index contributed by atoms with van der Waals surface area (Å²) in [7, 11) is -3.48. The van der Waals surface area contributed by atoms with Crippen molar-refractivity contribution >= 4 is 44.2 Å². The van der Waals surface area contributed by atoms with Crippen molar-refractivity contribution in [1.82, 2.24) is 9.80 Å². The third-order valence-corrected chi connectivity index (χ3v) is 6.98. The van der Waals surface area contributed by atoms with Crippen LogP contribution in [0.4, 0.5) is 4.79 Å². The van der Waals surface area contributed by atoms with Crippen molar-refractivity contribution in [2.24, 2.45) is 0 Å². The molecule has 2 aromatic rings. The Morgan fingerprint density at radius 3 is 2.45 bits per heavy atom. The van der Waals surface area contributed by atoms with E-state index in [1.54, 1.807) is 62.1 Å². The maximum absolute atomic E-state index is 12.7. The molecule has 0 saturated carbocycles. The third kappa shape index (κ3) is 6.11. The van der Waals surface area contributed by atoms with Gasteiger partial charge in [0.25, 0.3) is 0 Å². The van der Waals surface area contributed by atoms with Crippen molar-refractivity contribution in [3.8, 4) is 0 Å². The number of benzene rings is 2. The normalized spacial score (nSPS) is 15.4. The second kappa shape index (κ2) is 9.04. The highest BCUT2D eigenvalue weighted by atomic mass is 35.5. The monoisotopic (exact) mass is 466 g/mol. The largest absolute Gasteiger partial charge is 0.444 e. The fourth-order valence-electron chi connectivity index (χ4n) is 3.38. The van der Waals surface area contributed by atoms with Crippen LogP contribution in [0.2, 0.25) is 5.02 Å². The Morgan fingerprint density at radius 1 is 1.10 bits per heavy atom. The lowest BCUT2D eigenvalue weighted by molar-refractivity contribution is -0.135. The second-order valence-corrected chi connectivity index (χ2v) is 11.2. The van der Waals surface area contributed by atoms with Crippen LogP contribution in [0.1, 0.15) is 27.2 Å². The summed E-state index contributed by atoms with van der Waals surface area (Å²) in [6, 6.07) is 10.3. The average molecular weight is 467 g/mol. The summed E-state index contributed by atoms with van der Waals surface area (Å²) < 4.78 is 30.8. The Morgan fingerprint density at radius 2 is 1.77 bits per heavy atom. The highest BCUT2D eigenvalue weighted by molar-refractivity contribution is 7.91. The zero-order valence-electron chi connectivity index (χ0n) is 17.9. The van der Waals surface area contributed by atoms with Crippen molar-refractivity contribution in [2.45, 2.75) is 37.7 Å². The van der Waals surface area contributed by atoms with Gasteiger partial charge in [0.15, 0.2) is 9.84 Å². The van der Waals surface area contributed by atoms with Gasteiger partial charge in [0.2, 0.25) is 5.91 Å². The number of nitrogens with zero attached hydrogens (tertiary/aromatic N) is 2. The first-order chi connectivity index (χ1) is 14.4. The van der Waals surface area contributed by atoms with E-state index >= 15 is 0 Å². The number of carbonyl (C=O) groups excluding carboxylic acids is 2. The van der Waals surface area contributed by atoms with E-state index in [0.29, 0.717) is 31.1 Å². The number of hydrogen-bond acceptors (Lipinski definition) is 5. The Kier molecular flexibility index (Phi) is 6.81. The van der Waals surface area contributed by atoms with Gasteiger partial charge in [0.05, 0.1) is 10.6 Å². The Bertz CT molecular complexity index is 1090. The topological polar surface area (TPSA) is 84.0 Å². The molecule has 3 rings (SSSR count). The van der Waals surface area contributed by atoms with E-state index in [1.807, 2.05) is 0 Å². The lowest BCUT2D eigenvalue weighted by Crippen LogP contribution is -2.53. The maximum Gasteiger partial charge on any atom is 0.410 e. The molecular formula is C22H27ClN2O5S. The smallest absolute Gasteiger partial charge is 0.410 e. The average Bonchev–Trinajstić information content (AvgIpc) is 2.67. The summed E-state index contributed by atoms with van der Waals surface area (Å²) in [5.41, 5.74) is -0.624. The first-order valence-electron chi connectivity index (χ1n) is 10.1. The van der Waals surface area contributed by atoms with Gasteiger partial charge in [-0.05, 0) is 62.2 Å². The van der Waals surface area contributed by atoms with Crippen molar-refractivity contribution < 1.29 is 22.7 Å². The van der Waals surface area contributed by atoms with Gasteiger partial charge >= 0.3 is 6.09 Å². The molecule has 0 radical (unpaired) electrons. The van der Waals surface area contributed by atoms with Crippen molar-refractivity contribution in [3.05, 3.63) is 41.4 Å². The molecule has 0 spiro atoms. The van der Waals surface area contributed by atoms with E-state index in [0.717, 1.165) is 10.8 Å². The van der Waals surface area contributed by atoms with Crippen LogP contribution in [-0.2, 0) is 19.4 Å². The highest BCUT2D eigenvalue weighted by Gasteiger charge is 2.30. The second-order valence-electron chi connectivity index (χ2n) is 8.61. The van der Waals surface area contributed by atoms with Crippen LogP contribution in [0.25, 0.3) is 10.8 Å². The molecule has 1 aliphatic heterocycles. The molecule has 0 bridgehead atoms. The highest BCUT2D eigenvalue weighted by Crippen LogP contribution is 2.23. The summed E-state index contributed by atoms with van der Waals surface area (Å²) in [5.74, 6) is -0.275. The SMILES string of the molecule is CC(C)(C)OC(=O)N1CCN(CCCS(=O)(=O)c2ccc3cc(Cl)ccc3c2)C(=O)C1. The minimum absolute atomic E-state index is 0.0606. The van der Waals surface area contributed by atoms with Crippen molar-refractivity contribution in [1.29, 1.82) is 0 Å². The number of amides is 2. The number of halogens is 1. The van der Waals surface area contributed by atoms with E-state index in [4.69, 9.17) is 16.3 Å². The molecule has 1 saturated heterocycles. The van der Waals surface area contributed by atoms with Gasteiger partial charge in [-0.15, -0.1) is 0 Å². The van der Waals surface area contributed by atoms with Crippen LogP contribution < -0.4 is 0 Å². The molecule has 1 heterocycles. The minimum Gasteiger partial charge on any atom is -0.444 e. The molecule has 0 unspecified atom stereocenters. The maximum atomic E-state index is 12.7. The predicted molar refractivity (Wildman–Crippen MR) is 120 cm³/mol. The molecule has 0 aromatic heterocycles. The van der Waals surface area contributed by atoms with E-state index < -0.39 is 21.5 Å². The van der Waals surface area contributed by atoms with Crippen molar-refractivity contribution in [2.75, 3.05) is 31.9 Å². The molecule has 2 aromatic carbocycles. The molecule has 1 fully saturated rings. The summed E-state index contributed by atoms with van der Waals surface area (Å²) >= 11 is 5.98. The van der Waals surface area contributed by atoms with Gasteiger partial charge in [0.1, 0.15) is 12.1 Å². The minimum atomic E-state index is -3.48. The number of fused-ring (bicyclic) bond motifs is 1. The predicted octanol–water partition coefficient (Wildman–Crippen LogP) is 3.74. The first kappa shape index (κ1) is 23.3. The molecular weight excluding hydrogens is 440 g/mol. The van der Waals surface area contributed by atoms with Gasteiger partial charge in [-0.25, -0.2) is 13.2 Å². The van der Waals surface area contributed by atoms with Crippen LogP contribution in [-0.4, -0.2) is 67.8 Å². The van der Waals surface area contributed by atoms with Gasteiger partial charge in [0, 0.05) is 24.7 Å². The molecule has 7 nitrogen and oxygen atoms in total. The van der Waals surface area contributed by atoms with Gasteiger partial charge in [-0.2, -0.15) is 0 Å². The third-order valence-electron chi connectivity index (χ3n) is 4.94. The summed E-state index contributed by atoms with van der Waals surface area (Å²) in [5, 5.41) is 2.28. The zero-order chi connectivity index (χ0) is 22.8. The lowest BCUT2D eigenvalue weighted by Gasteiger charge is -2.35. The number of sulfone groups is 1. The molecule has 0 aliphatic carbocycles. The molecule has 168 valence electrons. The zero-order valence-corrected chi connectivity index (χ0v) is 19.5. The van der Waals surface area contributed by atoms with E-state index in [1.165, 1.54) is 4.90 Å². The first-order valence-corrected chi connectivity index (χ1v) is 12.2. The fraction of sp³-hybridized carbons (Fsp3) is 0.455. The van der Waals surface area contributed by atoms with E-state index in [2.05, 4.69) is 0 Å². The molecule has 2 amide bonds. The fourth-order valence-corrected chi connectivity index (χ4v) is 4.89. The molecule has 0 atom stereocenters. The molecule has 9 heteroatoms.